The third-order valence-corrected chi connectivity index (χ3v) is 3.58. The average Bonchev–Trinajstić information content (AvgIpc) is 2.42. The highest BCUT2D eigenvalue weighted by Gasteiger charge is 2.39. The van der Waals surface area contributed by atoms with Gasteiger partial charge < -0.3 is 10.2 Å². The van der Waals surface area contributed by atoms with Crippen LogP contribution in [0.2, 0.25) is 0 Å². The van der Waals surface area contributed by atoms with E-state index in [0.717, 1.165) is 16.5 Å². The van der Waals surface area contributed by atoms with Crippen LogP contribution in [-0.2, 0) is 9.59 Å². The number of benzene rings is 2. The summed E-state index contributed by atoms with van der Waals surface area (Å²) in [7, 11) is 0. The maximum Gasteiger partial charge on any atom is 0.252 e. The summed E-state index contributed by atoms with van der Waals surface area (Å²) in [5.41, 5.74) is -0.0994. The summed E-state index contributed by atoms with van der Waals surface area (Å²) < 4.78 is 0. The predicted octanol–water partition coefficient (Wildman–Crippen LogP) is 2.08. The average molecular weight is 268 g/mol. The van der Waals surface area contributed by atoms with Crippen molar-refractivity contribution in [2.75, 3.05) is 11.4 Å². The van der Waals surface area contributed by atoms with Gasteiger partial charge in [0.1, 0.15) is 12.1 Å². The Bertz CT molecular complexity index is 706. The fraction of sp³-hybridized carbons (Fsp3) is 0.250. The van der Waals surface area contributed by atoms with Gasteiger partial charge in [-0.25, -0.2) is 0 Å². The second-order valence-electron chi connectivity index (χ2n) is 5.60. The zero-order valence-electron chi connectivity index (χ0n) is 11.5. The van der Waals surface area contributed by atoms with Crippen molar-refractivity contribution in [1.82, 2.24) is 5.32 Å². The number of nitrogens with one attached hydrogen (secondary N) is 1. The van der Waals surface area contributed by atoms with E-state index in [1.54, 1.807) is 18.7 Å². The molecule has 4 nitrogen and oxygen atoms in total. The zero-order valence-corrected chi connectivity index (χ0v) is 11.5. The molecule has 1 fully saturated rings. The SMILES string of the molecule is CC1(C)NC(=O)CN(c2ccc3ccccc3c2)C1=O. The Kier molecular flexibility index (Phi) is 2.74. The van der Waals surface area contributed by atoms with Crippen LogP contribution in [0, 0.1) is 0 Å². The maximum absolute atomic E-state index is 12.4. The minimum absolute atomic E-state index is 0.0700. The number of piperazine rings is 1. The highest BCUT2D eigenvalue weighted by atomic mass is 16.2. The quantitative estimate of drug-likeness (QED) is 0.861. The van der Waals surface area contributed by atoms with Crippen molar-refractivity contribution >= 4 is 28.3 Å². The molecule has 0 aromatic heterocycles. The molecular formula is C16H16N2O2. The number of carbonyl (C=O) groups excluding carboxylic acids is 2. The van der Waals surface area contributed by atoms with Crippen molar-refractivity contribution in [1.29, 1.82) is 0 Å². The number of amides is 2. The molecule has 0 saturated carbocycles. The van der Waals surface area contributed by atoms with E-state index in [4.69, 9.17) is 0 Å². The van der Waals surface area contributed by atoms with Crippen LogP contribution < -0.4 is 10.2 Å². The molecule has 2 aromatic carbocycles. The summed E-state index contributed by atoms with van der Waals surface area (Å²) in [5.74, 6) is -0.227. The molecule has 1 saturated heterocycles. The van der Waals surface area contributed by atoms with Gasteiger partial charge in [-0.15, -0.1) is 0 Å². The maximum atomic E-state index is 12.4. The molecule has 102 valence electrons. The summed E-state index contributed by atoms with van der Waals surface area (Å²) >= 11 is 0. The molecule has 2 aromatic rings. The van der Waals surface area contributed by atoms with E-state index in [2.05, 4.69) is 5.32 Å². The zero-order chi connectivity index (χ0) is 14.3. The summed E-state index contributed by atoms with van der Waals surface area (Å²) in [6.45, 7) is 3.52. The molecule has 1 N–H and O–H groups in total. The number of hydrogen-bond acceptors (Lipinski definition) is 2. The lowest BCUT2D eigenvalue weighted by molar-refractivity contribution is -0.134. The Morgan fingerprint density at radius 2 is 1.75 bits per heavy atom. The molecule has 4 heteroatoms. The number of carbonyl (C=O) groups is 2. The van der Waals surface area contributed by atoms with Crippen molar-refractivity contribution in [3.63, 3.8) is 0 Å². The smallest absolute Gasteiger partial charge is 0.252 e. The third kappa shape index (κ3) is 2.03. The van der Waals surface area contributed by atoms with Gasteiger partial charge in [-0.1, -0.05) is 30.3 Å². The van der Waals surface area contributed by atoms with E-state index in [9.17, 15) is 9.59 Å². The Labute approximate surface area is 117 Å². The standard InChI is InChI=1S/C16H16N2O2/c1-16(2)15(20)18(10-14(19)17-16)13-8-7-11-5-3-4-6-12(11)9-13/h3-9H,10H2,1-2H3,(H,17,19). The topological polar surface area (TPSA) is 49.4 Å². The van der Waals surface area contributed by atoms with Crippen molar-refractivity contribution in [3.8, 4) is 0 Å². The molecule has 1 aliphatic rings. The van der Waals surface area contributed by atoms with Gasteiger partial charge in [0.2, 0.25) is 5.91 Å². The Balaban J connectivity index is 2.05. The van der Waals surface area contributed by atoms with Crippen LogP contribution in [0.25, 0.3) is 10.8 Å². The van der Waals surface area contributed by atoms with Gasteiger partial charge in [-0.2, -0.15) is 0 Å². The van der Waals surface area contributed by atoms with Crippen LogP contribution in [0.3, 0.4) is 0 Å². The van der Waals surface area contributed by atoms with Crippen LogP contribution in [0.5, 0.6) is 0 Å². The minimum atomic E-state index is -0.860. The molecule has 0 unspecified atom stereocenters. The Morgan fingerprint density at radius 3 is 2.50 bits per heavy atom. The second-order valence-corrected chi connectivity index (χ2v) is 5.60. The van der Waals surface area contributed by atoms with E-state index in [1.165, 1.54) is 0 Å². The lowest BCUT2D eigenvalue weighted by Crippen LogP contribution is -2.64. The number of rotatable bonds is 1. The van der Waals surface area contributed by atoms with E-state index in [-0.39, 0.29) is 18.4 Å². The summed E-state index contributed by atoms with van der Waals surface area (Å²) in [6.07, 6.45) is 0. The minimum Gasteiger partial charge on any atom is -0.341 e. The lowest BCUT2D eigenvalue weighted by Gasteiger charge is -2.37. The number of hydrogen-bond donors (Lipinski definition) is 1. The monoisotopic (exact) mass is 268 g/mol. The molecule has 0 atom stereocenters. The highest BCUT2D eigenvalue weighted by Crippen LogP contribution is 2.25. The van der Waals surface area contributed by atoms with Gasteiger partial charge in [-0.05, 0) is 36.8 Å². The van der Waals surface area contributed by atoms with Crippen molar-refractivity contribution in [2.45, 2.75) is 19.4 Å². The van der Waals surface area contributed by atoms with Crippen LogP contribution in [0.4, 0.5) is 5.69 Å². The van der Waals surface area contributed by atoms with Gasteiger partial charge in [0.15, 0.2) is 0 Å². The van der Waals surface area contributed by atoms with Gasteiger partial charge in [0, 0.05) is 5.69 Å². The van der Waals surface area contributed by atoms with Crippen LogP contribution in [-0.4, -0.2) is 23.9 Å². The summed E-state index contributed by atoms with van der Waals surface area (Å²) in [6, 6.07) is 13.8. The lowest BCUT2D eigenvalue weighted by atomic mass is 9.99. The van der Waals surface area contributed by atoms with E-state index in [1.807, 2.05) is 42.5 Å². The second kappa shape index (κ2) is 4.34. The van der Waals surface area contributed by atoms with E-state index in [0.29, 0.717) is 0 Å². The van der Waals surface area contributed by atoms with Crippen molar-refractivity contribution in [2.24, 2.45) is 0 Å². The highest BCUT2D eigenvalue weighted by molar-refractivity contribution is 6.09. The number of fused-ring (bicyclic) bond motifs is 1. The Morgan fingerprint density at radius 1 is 1.05 bits per heavy atom. The molecule has 0 aliphatic carbocycles. The molecular weight excluding hydrogens is 252 g/mol. The molecule has 1 heterocycles. The first-order valence-electron chi connectivity index (χ1n) is 6.59. The molecule has 0 bridgehead atoms. The molecule has 0 spiro atoms. The van der Waals surface area contributed by atoms with Crippen molar-refractivity contribution < 1.29 is 9.59 Å². The summed E-state index contributed by atoms with van der Waals surface area (Å²) in [4.78, 5) is 25.8. The normalized spacial score (nSPS) is 18.2. The fourth-order valence-electron chi connectivity index (χ4n) is 2.55. The molecule has 20 heavy (non-hydrogen) atoms. The van der Waals surface area contributed by atoms with Gasteiger partial charge in [-0.3, -0.25) is 9.59 Å². The number of nitrogens with zero attached hydrogens (tertiary/aromatic N) is 1. The molecule has 3 rings (SSSR count). The third-order valence-electron chi connectivity index (χ3n) is 3.58. The van der Waals surface area contributed by atoms with E-state index < -0.39 is 5.54 Å². The Hall–Kier alpha value is -2.36. The predicted molar refractivity (Wildman–Crippen MR) is 78.5 cm³/mol. The van der Waals surface area contributed by atoms with Gasteiger partial charge in [0.25, 0.3) is 5.91 Å². The van der Waals surface area contributed by atoms with Crippen molar-refractivity contribution in [3.05, 3.63) is 42.5 Å². The molecule has 0 radical (unpaired) electrons. The van der Waals surface area contributed by atoms with Gasteiger partial charge >= 0.3 is 0 Å². The molecule has 1 aliphatic heterocycles. The van der Waals surface area contributed by atoms with Gasteiger partial charge in [0.05, 0.1) is 0 Å². The first-order valence-corrected chi connectivity index (χ1v) is 6.59. The largest absolute Gasteiger partial charge is 0.341 e. The molecule has 2 amide bonds. The summed E-state index contributed by atoms with van der Waals surface area (Å²) in [5, 5.41) is 4.88. The fourth-order valence-corrected chi connectivity index (χ4v) is 2.55. The number of anilines is 1. The van der Waals surface area contributed by atoms with Crippen LogP contribution in [0.1, 0.15) is 13.8 Å². The van der Waals surface area contributed by atoms with E-state index >= 15 is 0 Å². The van der Waals surface area contributed by atoms with Crippen LogP contribution in [0.15, 0.2) is 42.5 Å². The first kappa shape index (κ1) is 12.7. The first-order chi connectivity index (χ1) is 9.47. The van der Waals surface area contributed by atoms with Crippen LogP contribution >= 0.6 is 0 Å².